The average Bonchev–Trinajstić information content (AvgIpc) is 2.87. The van der Waals surface area contributed by atoms with Gasteiger partial charge in [-0.1, -0.05) is 36.8 Å². The lowest BCUT2D eigenvalue weighted by atomic mass is 9.65. The van der Waals surface area contributed by atoms with Gasteiger partial charge in [0.2, 0.25) is 11.8 Å². The molecule has 1 aromatic carbocycles. The minimum atomic E-state index is -1.76. The first-order valence-electron chi connectivity index (χ1n) is 12.8. The van der Waals surface area contributed by atoms with E-state index >= 15 is 0 Å². The minimum absolute atomic E-state index is 0.0566. The van der Waals surface area contributed by atoms with Crippen molar-refractivity contribution in [3.8, 4) is 0 Å². The fourth-order valence-electron chi connectivity index (χ4n) is 4.72. The Bertz CT molecular complexity index is 1170. The standard InChI is InChI=1S/C26H31N3O11/c30-19(31)11-10-18(21(34)35)29-23(37)26(12-6-13-26)22(36)28(25(29)39)14-5-4-9-17(20(32)33)27-24(38)40-15-16-7-2-1-3-8-16/h1-3,7-8,17-18H,4-6,9-15H2,(H,27,38)(H,30,31)(H,32,33)(H,34,35)/t17-,18-/m0/s1. The summed E-state index contributed by atoms with van der Waals surface area (Å²) in [6, 6.07) is 4.56. The first-order valence-corrected chi connectivity index (χ1v) is 12.8. The number of nitrogens with zero attached hydrogens (tertiary/aromatic N) is 2. The van der Waals surface area contributed by atoms with E-state index in [0.29, 0.717) is 16.9 Å². The number of barbiturate groups is 1. The maximum absolute atomic E-state index is 13.2. The van der Waals surface area contributed by atoms with E-state index in [4.69, 9.17) is 9.84 Å². The lowest BCUT2D eigenvalue weighted by Gasteiger charge is -2.49. The van der Waals surface area contributed by atoms with E-state index in [0.717, 1.165) is 4.90 Å². The van der Waals surface area contributed by atoms with Crippen molar-refractivity contribution in [3.05, 3.63) is 35.9 Å². The number of carboxylic acids is 3. The van der Waals surface area contributed by atoms with Crippen LogP contribution in [-0.4, -0.2) is 85.6 Å². The first-order chi connectivity index (χ1) is 19.0. The van der Waals surface area contributed by atoms with Gasteiger partial charge in [0, 0.05) is 13.0 Å². The number of unbranched alkanes of at least 4 members (excludes halogenated alkanes) is 1. The molecule has 2 fully saturated rings. The SMILES string of the molecule is O=C(O)CC[C@@H](C(=O)O)N1C(=O)N(CCCC[C@H](NC(=O)OCc2ccccc2)C(=O)O)C(=O)C2(CCC2)C1=O. The summed E-state index contributed by atoms with van der Waals surface area (Å²) >= 11 is 0. The third-order valence-electron chi connectivity index (χ3n) is 7.08. The topological polar surface area (TPSA) is 208 Å². The quantitative estimate of drug-likeness (QED) is 0.190. The summed E-state index contributed by atoms with van der Waals surface area (Å²) < 4.78 is 5.05. The minimum Gasteiger partial charge on any atom is -0.481 e. The summed E-state index contributed by atoms with van der Waals surface area (Å²) in [5.41, 5.74) is -0.858. The van der Waals surface area contributed by atoms with Gasteiger partial charge in [-0.2, -0.15) is 0 Å². The molecule has 1 saturated carbocycles. The number of ether oxygens (including phenoxy) is 1. The van der Waals surface area contributed by atoms with Gasteiger partial charge in [0.1, 0.15) is 24.1 Å². The number of carboxylic acid groups (broad SMARTS) is 3. The number of alkyl carbamates (subject to hydrolysis) is 1. The second kappa shape index (κ2) is 13.0. The summed E-state index contributed by atoms with van der Waals surface area (Å²) in [5.74, 6) is -5.87. The van der Waals surface area contributed by atoms with Gasteiger partial charge in [-0.25, -0.2) is 24.1 Å². The lowest BCUT2D eigenvalue weighted by molar-refractivity contribution is -0.171. The molecule has 1 spiro atoms. The molecule has 14 nitrogen and oxygen atoms in total. The maximum Gasteiger partial charge on any atom is 0.408 e. The van der Waals surface area contributed by atoms with E-state index in [1.165, 1.54) is 0 Å². The monoisotopic (exact) mass is 561 g/mol. The van der Waals surface area contributed by atoms with Crippen LogP contribution < -0.4 is 5.32 Å². The number of carbonyl (C=O) groups is 7. The smallest absolute Gasteiger partial charge is 0.408 e. The molecule has 0 bridgehead atoms. The van der Waals surface area contributed by atoms with Crippen LogP contribution in [0.1, 0.15) is 56.9 Å². The Hall–Kier alpha value is -4.49. The number of urea groups is 1. The molecule has 0 unspecified atom stereocenters. The summed E-state index contributed by atoms with van der Waals surface area (Å²) in [7, 11) is 0. The van der Waals surface area contributed by atoms with Gasteiger partial charge >= 0.3 is 30.0 Å². The number of rotatable bonds is 14. The molecule has 4 N–H and O–H groups in total. The van der Waals surface area contributed by atoms with E-state index in [-0.39, 0.29) is 45.3 Å². The number of hydrogen-bond acceptors (Lipinski definition) is 8. The van der Waals surface area contributed by atoms with E-state index in [9.17, 15) is 43.8 Å². The highest BCUT2D eigenvalue weighted by atomic mass is 16.5. The molecule has 1 aromatic rings. The lowest BCUT2D eigenvalue weighted by Crippen LogP contribution is -2.70. The van der Waals surface area contributed by atoms with Crippen molar-refractivity contribution in [2.24, 2.45) is 5.41 Å². The van der Waals surface area contributed by atoms with Crippen LogP contribution in [0, 0.1) is 5.41 Å². The average molecular weight is 562 g/mol. The number of imide groups is 2. The molecule has 1 aliphatic heterocycles. The molecule has 0 radical (unpaired) electrons. The summed E-state index contributed by atoms with van der Waals surface area (Å²) in [4.78, 5) is 87.4. The Morgan fingerprint density at radius 1 is 0.925 bits per heavy atom. The number of amides is 5. The number of nitrogens with one attached hydrogen (secondary N) is 1. The van der Waals surface area contributed by atoms with Gasteiger partial charge in [0.15, 0.2) is 0 Å². The zero-order valence-electron chi connectivity index (χ0n) is 21.6. The van der Waals surface area contributed by atoms with Gasteiger partial charge in [-0.05, 0) is 44.1 Å². The van der Waals surface area contributed by atoms with Crippen molar-refractivity contribution in [2.45, 2.75) is 70.1 Å². The number of benzene rings is 1. The van der Waals surface area contributed by atoms with Crippen LogP contribution >= 0.6 is 0 Å². The second-order valence-corrected chi connectivity index (χ2v) is 9.73. The maximum atomic E-state index is 13.2. The summed E-state index contributed by atoms with van der Waals surface area (Å²) in [6.07, 6.45) is -1.08. The Kier molecular flexibility index (Phi) is 9.80. The predicted molar refractivity (Wildman–Crippen MR) is 134 cm³/mol. The van der Waals surface area contributed by atoms with Crippen LogP contribution in [0.2, 0.25) is 0 Å². The molecule has 0 aromatic heterocycles. The molecule has 14 heteroatoms. The Labute approximate surface area is 228 Å². The van der Waals surface area contributed by atoms with E-state index in [1.807, 2.05) is 0 Å². The van der Waals surface area contributed by atoms with Crippen molar-refractivity contribution in [1.82, 2.24) is 15.1 Å². The molecular weight excluding hydrogens is 530 g/mol. The molecule has 40 heavy (non-hydrogen) atoms. The number of carbonyl (C=O) groups excluding carboxylic acids is 4. The third-order valence-corrected chi connectivity index (χ3v) is 7.08. The molecular formula is C26H31N3O11. The molecule has 216 valence electrons. The van der Waals surface area contributed by atoms with Gasteiger partial charge in [0.25, 0.3) is 0 Å². The van der Waals surface area contributed by atoms with Gasteiger partial charge < -0.3 is 25.4 Å². The van der Waals surface area contributed by atoms with Crippen LogP contribution in [0.25, 0.3) is 0 Å². The molecule has 5 amide bonds. The number of aliphatic carboxylic acids is 3. The van der Waals surface area contributed by atoms with Crippen molar-refractivity contribution >= 4 is 41.8 Å². The van der Waals surface area contributed by atoms with E-state index < -0.39 is 72.2 Å². The van der Waals surface area contributed by atoms with Crippen LogP contribution in [0.4, 0.5) is 9.59 Å². The van der Waals surface area contributed by atoms with Gasteiger partial charge in [-0.3, -0.25) is 19.3 Å². The normalized spacial score (nSPS) is 17.6. The van der Waals surface area contributed by atoms with Gasteiger partial charge in [0.05, 0.1) is 0 Å². The van der Waals surface area contributed by atoms with Crippen molar-refractivity contribution in [1.29, 1.82) is 0 Å². The molecule has 1 saturated heterocycles. The Balaban J connectivity index is 1.61. The van der Waals surface area contributed by atoms with E-state index in [2.05, 4.69) is 5.32 Å². The molecule has 1 aliphatic carbocycles. The Morgan fingerprint density at radius 2 is 1.60 bits per heavy atom. The van der Waals surface area contributed by atoms with Crippen LogP contribution in [-0.2, 0) is 35.3 Å². The first kappa shape index (κ1) is 30.1. The molecule has 3 rings (SSSR count). The summed E-state index contributed by atoms with van der Waals surface area (Å²) in [5, 5.41) is 30.4. The van der Waals surface area contributed by atoms with Crippen molar-refractivity contribution in [3.63, 3.8) is 0 Å². The third kappa shape index (κ3) is 6.74. The number of hydrogen-bond donors (Lipinski definition) is 4. The zero-order chi connectivity index (χ0) is 29.4. The van der Waals surface area contributed by atoms with Crippen molar-refractivity contribution in [2.75, 3.05) is 6.54 Å². The summed E-state index contributed by atoms with van der Waals surface area (Å²) in [6.45, 7) is -0.280. The second-order valence-electron chi connectivity index (χ2n) is 9.73. The largest absolute Gasteiger partial charge is 0.481 e. The van der Waals surface area contributed by atoms with E-state index in [1.54, 1.807) is 30.3 Å². The molecule has 2 aliphatic rings. The van der Waals surface area contributed by atoms with Gasteiger partial charge in [-0.15, -0.1) is 0 Å². The van der Waals surface area contributed by atoms with Crippen molar-refractivity contribution < 1.29 is 53.6 Å². The highest BCUT2D eigenvalue weighted by Gasteiger charge is 2.61. The fourth-order valence-corrected chi connectivity index (χ4v) is 4.72. The molecule has 2 atom stereocenters. The highest BCUT2D eigenvalue weighted by Crippen LogP contribution is 2.47. The molecule has 1 heterocycles. The zero-order valence-corrected chi connectivity index (χ0v) is 21.6. The predicted octanol–water partition coefficient (Wildman–Crippen LogP) is 1.82. The van der Waals surface area contributed by atoms with Crippen LogP contribution in [0.5, 0.6) is 0 Å². The van der Waals surface area contributed by atoms with Crippen LogP contribution in [0.15, 0.2) is 30.3 Å². The fraction of sp³-hybridized carbons (Fsp3) is 0.500. The Morgan fingerprint density at radius 3 is 2.15 bits per heavy atom. The van der Waals surface area contributed by atoms with Crippen LogP contribution in [0.3, 0.4) is 0 Å². The highest BCUT2D eigenvalue weighted by molar-refractivity contribution is 6.20.